The van der Waals surface area contributed by atoms with Gasteiger partial charge in [0.05, 0.1) is 6.04 Å². The first-order chi connectivity index (χ1) is 23.4. The summed E-state index contributed by atoms with van der Waals surface area (Å²) < 4.78 is 0. The Morgan fingerprint density at radius 3 is 1.68 bits per heavy atom. The molecule has 0 amide bonds. The first-order valence-electron chi connectivity index (χ1n) is 16.7. The Labute approximate surface area is 275 Å². The van der Waals surface area contributed by atoms with Crippen LogP contribution in [0.15, 0.2) is 158 Å². The van der Waals surface area contributed by atoms with Crippen LogP contribution in [0, 0.1) is 0 Å². The summed E-state index contributed by atoms with van der Waals surface area (Å²) in [4.78, 5) is 7.67. The Morgan fingerprint density at radius 1 is 0.447 bits per heavy atom. The van der Waals surface area contributed by atoms with Crippen molar-refractivity contribution in [1.82, 2.24) is 0 Å². The maximum Gasteiger partial charge on any atom is 0.252 e. The van der Waals surface area contributed by atoms with E-state index in [9.17, 15) is 0 Å². The van der Waals surface area contributed by atoms with Crippen LogP contribution in [0.5, 0.6) is 0 Å². The molecular formula is C42H29B2N3. The molecule has 6 aromatic carbocycles. The number of allylic oxidation sites excluding steroid dienone is 2. The fourth-order valence-corrected chi connectivity index (χ4v) is 9.22. The van der Waals surface area contributed by atoms with Gasteiger partial charge < -0.3 is 14.7 Å². The van der Waals surface area contributed by atoms with Gasteiger partial charge in [0.2, 0.25) is 0 Å². The zero-order valence-corrected chi connectivity index (χ0v) is 25.8. The number of fused-ring (bicyclic) bond motifs is 8. The molecule has 11 rings (SSSR count). The number of hydrogen-bond acceptors (Lipinski definition) is 3. The Morgan fingerprint density at radius 2 is 0.979 bits per heavy atom. The van der Waals surface area contributed by atoms with Crippen molar-refractivity contribution in [3.63, 3.8) is 0 Å². The van der Waals surface area contributed by atoms with Crippen molar-refractivity contribution < 1.29 is 0 Å². The summed E-state index contributed by atoms with van der Waals surface area (Å²) >= 11 is 0. The fraction of sp³-hybridized carbons (Fsp3) is 0.0476. The molecule has 0 radical (unpaired) electrons. The molecule has 0 spiro atoms. The Bertz CT molecular complexity index is 2350. The average Bonchev–Trinajstić information content (AvgIpc) is 3.14. The van der Waals surface area contributed by atoms with Gasteiger partial charge in [-0.15, -0.1) is 0 Å². The quantitative estimate of drug-likeness (QED) is 0.229. The van der Waals surface area contributed by atoms with Crippen molar-refractivity contribution >= 4 is 91.7 Å². The monoisotopic (exact) mass is 597 g/mol. The van der Waals surface area contributed by atoms with E-state index in [4.69, 9.17) is 0 Å². The molecule has 1 unspecified atom stereocenters. The van der Waals surface area contributed by atoms with E-state index in [-0.39, 0.29) is 19.5 Å². The molecule has 0 fully saturated rings. The highest BCUT2D eigenvalue weighted by atomic mass is 15.2. The van der Waals surface area contributed by atoms with E-state index in [1.54, 1.807) is 0 Å². The summed E-state index contributed by atoms with van der Waals surface area (Å²) in [6, 6.07) is 50.3. The Kier molecular flexibility index (Phi) is 5.12. The largest absolute Gasteiger partial charge is 0.335 e. The van der Waals surface area contributed by atoms with Crippen molar-refractivity contribution in [2.75, 3.05) is 14.7 Å². The van der Waals surface area contributed by atoms with Crippen LogP contribution in [0.2, 0.25) is 0 Å². The summed E-state index contributed by atoms with van der Waals surface area (Å²) in [7, 11) is 0. The van der Waals surface area contributed by atoms with Crippen LogP contribution < -0.4 is 47.5 Å². The number of rotatable bonds is 2. The van der Waals surface area contributed by atoms with Crippen LogP contribution in [0.25, 0.3) is 0 Å². The van der Waals surface area contributed by atoms with E-state index in [1.165, 1.54) is 78.3 Å². The third kappa shape index (κ3) is 3.28. The van der Waals surface area contributed by atoms with Crippen molar-refractivity contribution in [2.45, 2.75) is 12.5 Å². The third-order valence-electron chi connectivity index (χ3n) is 10.9. The zero-order chi connectivity index (χ0) is 30.6. The molecule has 1 aliphatic carbocycles. The van der Waals surface area contributed by atoms with Gasteiger partial charge in [0.1, 0.15) is 0 Å². The number of hydrogen-bond donors (Lipinski definition) is 0. The highest BCUT2D eigenvalue weighted by Crippen LogP contribution is 2.46. The van der Waals surface area contributed by atoms with Crippen LogP contribution in [-0.4, -0.2) is 19.5 Å². The molecule has 0 saturated carbocycles. The maximum absolute atomic E-state index is 2.61. The van der Waals surface area contributed by atoms with Gasteiger partial charge in [0.15, 0.2) is 0 Å². The van der Waals surface area contributed by atoms with E-state index in [0.717, 1.165) is 6.42 Å². The van der Waals surface area contributed by atoms with Gasteiger partial charge in [-0.25, -0.2) is 0 Å². The van der Waals surface area contributed by atoms with E-state index in [0.29, 0.717) is 0 Å². The number of anilines is 8. The van der Waals surface area contributed by atoms with Gasteiger partial charge in [-0.1, -0.05) is 109 Å². The molecule has 0 saturated heterocycles. The lowest BCUT2D eigenvalue weighted by Crippen LogP contribution is -2.68. The van der Waals surface area contributed by atoms with E-state index in [2.05, 4.69) is 172 Å². The van der Waals surface area contributed by atoms with E-state index >= 15 is 0 Å². The lowest BCUT2D eigenvalue weighted by molar-refractivity contribution is 0.787. The Hall–Kier alpha value is -5.67. The third-order valence-corrected chi connectivity index (χ3v) is 10.9. The zero-order valence-electron chi connectivity index (χ0n) is 25.8. The topological polar surface area (TPSA) is 9.72 Å². The van der Waals surface area contributed by atoms with Crippen molar-refractivity contribution in [2.24, 2.45) is 0 Å². The first kappa shape index (κ1) is 25.5. The van der Waals surface area contributed by atoms with Gasteiger partial charge in [0, 0.05) is 45.5 Å². The summed E-state index contributed by atoms with van der Waals surface area (Å²) in [5, 5.41) is 0. The molecule has 5 aliphatic rings. The first-order valence-corrected chi connectivity index (χ1v) is 16.7. The molecule has 3 nitrogen and oxygen atoms in total. The SMILES string of the molecule is C1=CCC(N2c3ccccc3B3c4cccc5c4N(c4cccc6c4B5c4ccccc4N6c4ccccc4)c4cccc2c43)C=C1. The minimum absolute atomic E-state index is 0.141. The molecule has 5 heteroatoms. The molecule has 4 aliphatic heterocycles. The van der Waals surface area contributed by atoms with Crippen LogP contribution in [-0.2, 0) is 0 Å². The summed E-state index contributed by atoms with van der Waals surface area (Å²) in [5.41, 5.74) is 18.6. The van der Waals surface area contributed by atoms with Gasteiger partial charge in [0.25, 0.3) is 13.4 Å². The molecule has 218 valence electrons. The second-order valence-corrected chi connectivity index (χ2v) is 13.2. The summed E-state index contributed by atoms with van der Waals surface area (Å²) in [5.74, 6) is 0. The van der Waals surface area contributed by atoms with Crippen LogP contribution in [0.1, 0.15) is 6.42 Å². The fourth-order valence-electron chi connectivity index (χ4n) is 9.22. The van der Waals surface area contributed by atoms with Crippen LogP contribution >= 0.6 is 0 Å². The second-order valence-electron chi connectivity index (χ2n) is 13.2. The molecule has 4 heterocycles. The lowest BCUT2D eigenvalue weighted by Gasteiger charge is -2.50. The van der Waals surface area contributed by atoms with Crippen LogP contribution in [0.4, 0.5) is 45.5 Å². The van der Waals surface area contributed by atoms with E-state index in [1.807, 2.05) is 0 Å². The average molecular weight is 597 g/mol. The number of para-hydroxylation sites is 4. The lowest BCUT2D eigenvalue weighted by atomic mass is 9.29. The summed E-state index contributed by atoms with van der Waals surface area (Å²) in [6.45, 7) is 0.301. The van der Waals surface area contributed by atoms with Crippen molar-refractivity contribution in [3.8, 4) is 0 Å². The highest BCUT2D eigenvalue weighted by Gasteiger charge is 2.49. The molecule has 0 aromatic heterocycles. The molecule has 0 bridgehead atoms. The summed E-state index contributed by atoms with van der Waals surface area (Å²) in [6.07, 6.45) is 10.0. The van der Waals surface area contributed by atoms with Crippen molar-refractivity contribution in [3.05, 3.63) is 158 Å². The predicted molar refractivity (Wildman–Crippen MR) is 200 cm³/mol. The Balaban J connectivity index is 1.22. The molecular weight excluding hydrogens is 568 g/mol. The van der Waals surface area contributed by atoms with Gasteiger partial charge in [-0.05, 0) is 87.7 Å². The van der Waals surface area contributed by atoms with Crippen molar-refractivity contribution in [1.29, 1.82) is 0 Å². The normalized spacial score (nSPS) is 17.1. The smallest absolute Gasteiger partial charge is 0.252 e. The molecule has 0 N–H and O–H groups in total. The minimum atomic E-state index is 0.141. The second kappa shape index (κ2) is 9.43. The molecule has 6 aromatic rings. The van der Waals surface area contributed by atoms with Crippen LogP contribution in [0.3, 0.4) is 0 Å². The van der Waals surface area contributed by atoms with Gasteiger partial charge in [-0.3, -0.25) is 0 Å². The number of nitrogens with zero attached hydrogens (tertiary/aromatic N) is 3. The minimum Gasteiger partial charge on any atom is -0.335 e. The van der Waals surface area contributed by atoms with Gasteiger partial charge >= 0.3 is 0 Å². The number of benzene rings is 6. The molecule has 1 atom stereocenters. The standard InChI is InChI=1S/C42H29B2N3/c1-3-14-28(15-4-1)45-34-22-9-7-18-30(34)43-32-20-11-21-33-42(32)47(38-26-12-24-36(45)40(38)43)39-27-13-25-37-41(39)44(33)31-19-8-10-23-35(31)46(37)29-16-5-2-6-17-29/h1-16,18-27,29H,17H2. The molecule has 47 heavy (non-hydrogen) atoms. The van der Waals surface area contributed by atoms with Gasteiger partial charge in [-0.2, -0.15) is 0 Å². The predicted octanol–water partition coefficient (Wildman–Crippen LogP) is 5.94. The highest BCUT2D eigenvalue weighted by molar-refractivity contribution is 7.04. The van der Waals surface area contributed by atoms with E-state index < -0.39 is 0 Å². The maximum atomic E-state index is 2.61.